The zero-order valence-corrected chi connectivity index (χ0v) is 17.1. The molecular formula is C19H21Cl2N5O2. The van der Waals surface area contributed by atoms with Crippen LogP contribution in [0.3, 0.4) is 0 Å². The molecule has 0 spiro atoms. The van der Waals surface area contributed by atoms with Gasteiger partial charge in [-0.05, 0) is 25.1 Å². The Bertz CT molecular complexity index is 902. The van der Waals surface area contributed by atoms with Crippen LogP contribution in [-0.2, 0) is 17.7 Å². The number of carbonyl (C=O) groups is 1. The maximum atomic E-state index is 12.8. The van der Waals surface area contributed by atoms with E-state index in [1.807, 2.05) is 6.92 Å². The number of benzene rings is 1. The summed E-state index contributed by atoms with van der Waals surface area (Å²) in [5, 5.41) is 3.75. The van der Waals surface area contributed by atoms with E-state index in [9.17, 15) is 4.79 Å². The minimum Gasteiger partial charge on any atom is -0.378 e. The number of anilines is 2. The molecule has 0 saturated carbocycles. The second-order valence-corrected chi connectivity index (χ2v) is 7.66. The van der Waals surface area contributed by atoms with Crippen LogP contribution in [-0.4, -0.2) is 53.7 Å². The lowest BCUT2D eigenvalue weighted by Gasteiger charge is -2.34. The van der Waals surface area contributed by atoms with E-state index in [4.69, 9.17) is 27.9 Å². The number of nitrogens with one attached hydrogen (secondary N) is 1. The van der Waals surface area contributed by atoms with Gasteiger partial charge in [0.1, 0.15) is 11.6 Å². The maximum Gasteiger partial charge on any atom is 0.322 e. The molecule has 1 aromatic carbocycles. The molecule has 2 aliphatic rings. The molecule has 0 unspecified atom stereocenters. The smallest absolute Gasteiger partial charge is 0.322 e. The third kappa shape index (κ3) is 4.01. The van der Waals surface area contributed by atoms with Gasteiger partial charge in [-0.25, -0.2) is 14.8 Å². The van der Waals surface area contributed by atoms with Crippen molar-refractivity contribution in [2.45, 2.75) is 19.9 Å². The highest BCUT2D eigenvalue weighted by atomic mass is 35.5. The van der Waals surface area contributed by atoms with Gasteiger partial charge < -0.3 is 19.9 Å². The predicted molar refractivity (Wildman–Crippen MR) is 109 cm³/mol. The molecule has 7 nitrogen and oxygen atoms in total. The minimum absolute atomic E-state index is 0.183. The van der Waals surface area contributed by atoms with Gasteiger partial charge >= 0.3 is 6.03 Å². The third-order valence-corrected chi connectivity index (χ3v) is 5.66. The predicted octanol–water partition coefficient (Wildman–Crippen LogP) is 3.52. The van der Waals surface area contributed by atoms with Crippen molar-refractivity contribution >= 4 is 40.7 Å². The Labute approximate surface area is 173 Å². The third-order valence-electron chi connectivity index (χ3n) is 4.92. The van der Waals surface area contributed by atoms with Crippen LogP contribution in [0.15, 0.2) is 18.2 Å². The number of rotatable bonds is 2. The van der Waals surface area contributed by atoms with Crippen molar-refractivity contribution in [1.82, 2.24) is 14.9 Å². The van der Waals surface area contributed by atoms with Crippen molar-refractivity contribution in [3.8, 4) is 0 Å². The highest BCUT2D eigenvalue weighted by molar-refractivity contribution is 6.42. The largest absolute Gasteiger partial charge is 0.378 e. The zero-order chi connectivity index (χ0) is 19.7. The zero-order valence-electron chi connectivity index (χ0n) is 15.5. The molecule has 9 heteroatoms. The highest BCUT2D eigenvalue weighted by Gasteiger charge is 2.28. The Balaban J connectivity index is 1.54. The Kier molecular flexibility index (Phi) is 5.57. The van der Waals surface area contributed by atoms with Gasteiger partial charge in [-0.1, -0.05) is 23.2 Å². The van der Waals surface area contributed by atoms with Crippen LogP contribution in [0.4, 0.5) is 16.3 Å². The molecule has 0 radical (unpaired) electrons. The van der Waals surface area contributed by atoms with Gasteiger partial charge in [0.2, 0.25) is 0 Å². The molecule has 28 heavy (non-hydrogen) atoms. The number of ether oxygens (including phenoxy) is 1. The summed E-state index contributed by atoms with van der Waals surface area (Å²) in [6.45, 7) is 5.91. The molecule has 4 rings (SSSR count). The monoisotopic (exact) mass is 421 g/mol. The van der Waals surface area contributed by atoms with E-state index in [2.05, 4.69) is 20.2 Å². The number of urea groups is 1. The molecule has 2 aliphatic heterocycles. The van der Waals surface area contributed by atoms with Gasteiger partial charge in [0.25, 0.3) is 0 Å². The summed E-state index contributed by atoms with van der Waals surface area (Å²) in [6.07, 6.45) is 0.699. The SMILES string of the molecule is Cc1nc2c(c(N3CCOCC3)n1)CN(C(=O)Nc1ccc(Cl)c(Cl)c1)CC2. The van der Waals surface area contributed by atoms with Crippen LogP contribution in [0.25, 0.3) is 0 Å². The van der Waals surface area contributed by atoms with Crippen molar-refractivity contribution in [3.05, 3.63) is 45.3 Å². The molecule has 2 amide bonds. The second kappa shape index (κ2) is 8.11. The number of nitrogens with zero attached hydrogens (tertiary/aromatic N) is 4. The van der Waals surface area contributed by atoms with E-state index in [-0.39, 0.29) is 6.03 Å². The standard InChI is InChI=1S/C19H21Cl2N5O2/c1-12-22-17-4-5-26(19(27)24-13-2-3-15(20)16(21)10-13)11-14(17)18(23-12)25-6-8-28-9-7-25/h2-3,10H,4-9,11H2,1H3,(H,24,27). The van der Waals surface area contributed by atoms with Crippen molar-refractivity contribution in [2.24, 2.45) is 0 Å². The Morgan fingerprint density at radius 2 is 1.93 bits per heavy atom. The number of hydrogen-bond donors (Lipinski definition) is 1. The van der Waals surface area contributed by atoms with Crippen molar-refractivity contribution in [3.63, 3.8) is 0 Å². The Hall–Kier alpha value is -2.09. The van der Waals surface area contributed by atoms with Crippen LogP contribution in [0.1, 0.15) is 17.1 Å². The summed E-state index contributed by atoms with van der Waals surface area (Å²) >= 11 is 12.0. The summed E-state index contributed by atoms with van der Waals surface area (Å²) < 4.78 is 5.46. The molecule has 148 valence electrons. The first kappa shape index (κ1) is 19.2. The number of morpholine rings is 1. The molecule has 1 N–H and O–H groups in total. The van der Waals surface area contributed by atoms with Crippen molar-refractivity contribution < 1.29 is 9.53 Å². The molecule has 0 atom stereocenters. The number of hydrogen-bond acceptors (Lipinski definition) is 5. The molecule has 1 saturated heterocycles. The van der Waals surface area contributed by atoms with Crippen LogP contribution >= 0.6 is 23.2 Å². The lowest BCUT2D eigenvalue weighted by molar-refractivity contribution is 0.122. The molecule has 0 aliphatic carbocycles. The highest BCUT2D eigenvalue weighted by Crippen LogP contribution is 2.29. The van der Waals surface area contributed by atoms with Crippen LogP contribution in [0.2, 0.25) is 10.0 Å². The van der Waals surface area contributed by atoms with Crippen LogP contribution in [0, 0.1) is 6.92 Å². The first-order valence-electron chi connectivity index (χ1n) is 9.21. The van der Waals surface area contributed by atoms with Crippen molar-refractivity contribution in [1.29, 1.82) is 0 Å². The summed E-state index contributed by atoms with van der Waals surface area (Å²) in [6, 6.07) is 4.86. The molecule has 0 bridgehead atoms. The van der Waals surface area contributed by atoms with Gasteiger partial charge in [0.15, 0.2) is 0 Å². The van der Waals surface area contributed by atoms with Gasteiger partial charge in [-0.2, -0.15) is 0 Å². The maximum absolute atomic E-state index is 12.8. The van der Waals surface area contributed by atoms with Gasteiger partial charge in [0.05, 0.1) is 35.5 Å². The molecule has 1 aromatic heterocycles. The minimum atomic E-state index is -0.183. The normalized spacial score (nSPS) is 16.7. The average molecular weight is 422 g/mol. The molecule has 2 aromatic rings. The van der Waals surface area contributed by atoms with E-state index in [0.717, 1.165) is 36.0 Å². The topological polar surface area (TPSA) is 70.6 Å². The number of carbonyl (C=O) groups excluding carboxylic acids is 1. The summed E-state index contributed by atoms with van der Waals surface area (Å²) in [5.41, 5.74) is 2.65. The first-order chi connectivity index (χ1) is 13.5. The van der Waals surface area contributed by atoms with Crippen LogP contribution in [0.5, 0.6) is 0 Å². The Morgan fingerprint density at radius 1 is 1.14 bits per heavy atom. The molecule has 1 fully saturated rings. The lowest BCUT2D eigenvalue weighted by atomic mass is 10.1. The fourth-order valence-corrected chi connectivity index (χ4v) is 3.80. The van der Waals surface area contributed by atoms with Crippen molar-refractivity contribution in [2.75, 3.05) is 43.1 Å². The number of halogens is 2. The lowest BCUT2D eigenvalue weighted by Crippen LogP contribution is -2.42. The second-order valence-electron chi connectivity index (χ2n) is 6.85. The van der Waals surface area contributed by atoms with E-state index in [1.165, 1.54) is 0 Å². The van der Waals surface area contributed by atoms with E-state index >= 15 is 0 Å². The summed E-state index contributed by atoms with van der Waals surface area (Å²) in [5.74, 6) is 1.67. The first-order valence-corrected chi connectivity index (χ1v) is 9.97. The number of aryl methyl sites for hydroxylation is 1. The van der Waals surface area contributed by atoms with E-state index in [0.29, 0.717) is 48.5 Å². The average Bonchev–Trinajstić information content (AvgIpc) is 2.70. The summed E-state index contributed by atoms with van der Waals surface area (Å²) in [7, 11) is 0. The van der Waals surface area contributed by atoms with E-state index < -0.39 is 0 Å². The Morgan fingerprint density at radius 3 is 2.68 bits per heavy atom. The number of fused-ring (bicyclic) bond motifs is 1. The quantitative estimate of drug-likeness (QED) is 0.802. The van der Waals surface area contributed by atoms with Gasteiger partial charge in [0, 0.05) is 37.3 Å². The fraction of sp³-hybridized carbons (Fsp3) is 0.421. The summed E-state index contributed by atoms with van der Waals surface area (Å²) in [4.78, 5) is 26.1. The fourth-order valence-electron chi connectivity index (χ4n) is 3.50. The number of aromatic nitrogens is 2. The van der Waals surface area contributed by atoms with Crippen LogP contribution < -0.4 is 10.2 Å². The molecule has 3 heterocycles. The van der Waals surface area contributed by atoms with Gasteiger partial charge in [-0.3, -0.25) is 0 Å². The van der Waals surface area contributed by atoms with E-state index in [1.54, 1.807) is 23.1 Å². The number of amides is 2. The molecular weight excluding hydrogens is 401 g/mol. The van der Waals surface area contributed by atoms with Gasteiger partial charge in [-0.15, -0.1) is 0 Å².